The quantitative estimate of drug-likeness (QED) is 0.861. The number of nitrogens with one attached hydrogen (secondary N) is 1. The van der Waals surface area contributed by atoms with Crippen LogP contribution in [0.3, 0.4) is 0 Å². The van der Waals surface area contributed by atoms with E-state index in [1.807, 2.05) is 6.07 Å². The number of hydrogen-bond donors (Lipinski definition) is 1. The van der Waals surface area contributed by atoms with E-state index in [1.165, 1.54) is 18.4 Å². The first kappa shape index (κ1) is 15.1. The van der Waals surface area contributed by atoms with E-state index in [1.54, 1.807) is 0 Å². The summed E-state index contributed by atoms with van der Waals surface area (Å²) in [5, 5.41) is 3.21. The third-order valence-electron chi connectivity index (χ3n) is 4.49. The van der Waals surface area contributed by atoms with Crippen LogP contribution in [0.25, 0.3) is 0 Å². The van der Waals surface area contributed by atoms with Crippen molar-refractivity contribution in [1.82, 2.24) is 5.32 Å². The van der Waals surface area contributed by atoms with Gasteiger partial charge in [0.15, 0.2) is 0 Å². The Morgan fingerprint density at radius 2 is 1.85 bits per heavy atom. The fourth-order valence-electron chi connectivity index (χ4n) is 3.37. The second kappa shape index (κ2) is 6.43. The number of carbonyl (C=O) groups is 1. The van der Waals surface area contributed by atoms with Crippen LogP contribution in [0, 0.1) is 5.92 Å². The summed E-state index contributed by atoms with van der Waals surface area (Å²) < 4.78 is 0. The molecule has 0 spiro atoms. The lowest BCUT2D eigenvalue weighted by molar-refractivity contribution is -0.125. The van der Waals surface area contributed by atoms with Crippen LogP contribution in [0.15, 0.2) is 30.3 Å². The predicted molar refractivity (Wildman–Crippen MR) is 83.6 cm³/mol. The van der Waals surface area contributed by atoms with Crippen LogP contribution in [0.5, 0.6) is 0 Å². The molecule has 2 rings (SSSR count). The Morgan fingerprint density at radius 3 is 2.45 bits per heavy atom. The van der Waals surface area contributed by atoms with E-state index < -0.39 is 0 Å². The topological polar surface area (TPSA) is 29.1 Å². The molecule has 20 heavy (non-hydrogen) atoms. The molecule has 0 radical (unpaired) electrons. The highest BCUT2D eigenvalue weighted by Gasteiger charge is 2.27. The Bertz CT molecular complexity index is 432. The highest BCUT2D eigenvalue weighted by atomic mass is 16.1. The van der Waals surface area contributed by atoms with E-state index in [0.717, 1.165) is 19.3 Å². The minimum Gasteiger partial charge on any atom is -0.353 e. The van der Waals surface area contributed by atoms with Gasteiger partial charge < -0.3 is 5.32 Å². The molecule has 1 fully saturated rings. The summed E-state index contributed by atoms with van der Waals surface area (Å²) in [5.41, 5.74) is 1.42. The minimum atomic E-state index is 0.0869. The van der Waals surface area contributed by atoms with E-state index in [9.17, 15) is 4.79 Å². The Labute approximate surface area is 123 Å². The molecule has 0 bridgehead atoms. The molecule has 0 aliphatic heterocycles. The maximum atomic E-state index is 12.2. The average molecular weight is 273 g/mol. The first-order valence-electron chi connectivity index (χ1n) is 7.85. The lowest BCUT2D eigenvalue weighted by Gasteiger charge is -2.29. The van der Waals surface area contributed by atoms with E-state index >= 15 is 0 Å². The third-order valence-corrected chi connectivity index (χ3v) is 4.49. The monoisotopic (exact) mass is 273 g/mol. The molecule has 1 aliphatic carbocycles. The van der Waals surface area contributed by atoms with Gasteiger partial charge in [0, 0.05) is 12.0 Å². The zero-order chi connectivity index (χ0) is 14.6. The second-order valence-electron chi connectivity index (χ2n) is 6.85. The first-order chi connectivity index (χ1) is 9.49. The van der Waals surface area contributed by atoms with Gasteiger partial charge >= 0.3 is 0 Å². The van der Waals surface area contributed by atoms with Gasteiger partial charge in [-0.2, -0.15) is 0 Å². The summed E-state index contributed by atoms with van der Waals surface area (Å²) in [6.07, 6.45) is 5.53. The third kappa shape index (κ3) is 3.84. The second-order valence-corrected chi connectivity index (χ2v) is 6.85. The summed E-state index contributed by atoms with van der Waals surface area (Å²) in [5.74, 6) is 0.524. The van der Waals surface area contributed by atoms with Crippen LogP contribution in [-0.2, 0) is 10.2 Å². The zero-order valence-electron chi connectivity index (χ0n) is 13.0. The first-order valence-corrected chi connectivity index (χ1v) is 7.85. The standard InChI is InChI=1S/C18H27NO/c1-14(19-17(20)15-9-7-8-10-15)13-18(2,3)16-11-5-4-6-12-16/h4-6,11-12,14-15H,7-10,13H2,1-3H3,(H,19,20)/t14-/m1/s1. The molecule has 1 N–H and O–H groups in total. The molecule has 0 unspecified atom stereocenters. The zero-order valence-corrected chi connectivity index (χ0v) is 13.0. The molecule has 1 amide bonds. The van der Waals surface area contributed by atoms with Crippen LogP contribution < -0.4 is 5.32 Å². The number of rotatable bonds is 5. The molecule has 0 aromatic heterocycles. The lowest BCUT2D eigenvalue weighted by atomic mass is 9.79. The van der Waals surface area contributed by atoms with Crippen LogP contribution in [0.4, 0.5) is 0 Å². The fourth-order valence-corrected chi connectivity index (χ4v) is 3.37. The Morgan fingerprint density at radius 1 is 1.25 bits per heavy atom. The smallest absolute Gasteiger partial charge is 0.223 e. The van der Waals surface area contributed by atoms with Gasteiger partial charge in [-0.25, -0.2) is 0 Å². The summed E-state index contributed by atoms with van der Waals surface area (Å²) in [4.78, 5) is 12.2. The van der Waals surface area contributed by atoms with E-state index in [2.05, 4.69) is 50.4 Å². The summed E-state index contributed by atoms with van der Waals surface area (Å²) in [6, 6.07) is 10.8. The van der Waals surface area contributed by atoms with Gasteiger partial charge in [0.05, 0.1) is 0 Å². The number of carbonyl (C=O) groups excluding carboxylic acids is 1. The minimum absolute atomic E-state index is 0.0869. The van der Waals surface area contributed by atoms with E-state index in [-0.39, 0.29) is 23.3 Å². The number of benzene rings is 1. The van der Waals surface area contributed by atoms with Crippen LogP contribution in [0.2, 0.25) is 0 Å². The van der Waals surface area contributed by atoms with Crippen molar-refractivity contribution < 1.29 is 4.79 Å². The molecule has 1 aliphatic rings. The van der Waals surface area contributed by atoms with Crippen molar-refractivity contribution in [2.45, 2.75) is 64.3 Å². The molecule has 2 nitrogen and oxygen atoms in total. The van der Waals surface area contributed by atoms with Gasteiger partial charge in [-0.05, 0) is 37.2 Å². The highest BCUT2D eigenvalue weighted by Crippen LogP contribution is 2.29. The molecule has 2 heteroatoms. The van der Waals surface area contributed by atoms with Crippen molar-refractivity contribution in [1.29, 1.82) is 0 Å². The van der Waals surface area contributed by atoms with Gasteiger partial charge in [0.1, 0.15) is 0 Å². The molecule has 1 aromatic carbocycles. The molecular formula is C18H27NO. The summed E-state index contributed by atoms with van der Waals surface area (Å²) in [7, 11) is 0. The van der Waals surface area contributed by atoms with Gasteiger partial charge in [0.2, 0.25) is 5.91 Å². The van der Waals surface area contributed by atoms with Crippen molar-refractivity contribution in [2.24, 2.45) is 5.92 Å². The molecule has 1 saturated carbocycles. The predicted octanol–water partition coefficient (Wildman–Crippen LogP) is 4.05. The summed E-state index contributed by atoms with van der Waals surface area (Å²) in [6.45, 7) is 6.62. The van der Waals surface area contributed by atoms with Crippen molar-refractivity contribution in [3.63, 3.8) is 0 Å². The normalized spacial score (nSPS) is 17.9. The fraction of sp³-hybridized carbons (Fsp3) is 0.611. The Balaban J connectivity index is 1.90. The van der Waals surface area contributed by atoms with Gasteiger partial charge in [-0.1, -0.05) is 57.0 Å². The summed E-state index contributed by atoms with van der Waals surface area (Å²) >= 11 is 0. The van der Waals surface area contributed by atoms with Gasteiger partial charge in [-0.15, -0.1) is 0 Å². The maximum Gasteiger partial charge on any atom is 0.223 e. The molecule has 0 heterocycles. The molecule has 110 valence electrons. The molecule has 1 atom stereocenters. The van der Waals surface area contributed by atoms with Crippen LogP contribution in [-0.4, -0.2) is 11.9 Å². The lowest BCUT2D eigenvalue weighted by Crippen LogP contribution is -2.39. The van der Waals surface area contributed by atoms with Gasteiger partial charge in [-0.3, -0.25) is 4.79 Å². The van der Waals surface area contributed by atoms with E-state index in [0.29, 0.717) is 0 Å². The van der Waals surface area contributed by atoms with Gasteiger partial charge in [0.25, 0.3) is 0 Å². The average Bonchev–Trinajstić information content (AvgIpc) is 2.93. The largest absolute Gasteiger partial charge is 0.353 e. The van der Waals surface area contributed by atoms with Crippen molar-refractivity contribution in [3.8, 4) is 0 Å². The number of amides is 1. The Hall–Kier alpha value is -1.31. The van der Waals surface area contributed by atoms with Crippen molar-refractivity contribution >= 4 is 5.91 Å². The Kier molecular flexibility index (Phi) is 4.85. The molecule has 0 saturated heterocycles. The maximum absolute atomic E-state index is 12.2. The number of hydrogen-bond acceptors (Lipinski definition) is 1. The van der Waals surface area contributed by atoms with E-state index in [4.69, 9.17) is 0 Å². The SMILES string of the molecule is C[C@H](CC(C)(C)c1ccccc1)NC(=O)C1CCCC1. The molecular weight excluding hydrogens is 246 g/mol. The highest BCUT2D eigenvalue weighted by molar-refractivity contribution is 5.79. The van der Waals surface area contributed by atoms with Crippen molar-refractivity contribution in [3.05, 3.63) is 35.9 Å². The van der Waals surface area contributed by atoms with Crippen LogP contribution >= 0.6 is 0 Å². The molecule has 1 aromatic rings. The van der Waals surface area contributed by atoms with Crippen molar-refractivity contribution in [2.75, 3.05) is 0 Å². The van der Waals surface area contributed by atoms with Crippen LogP contribution in [0.1, 0.15) is 58.4 Å².